The summed E-state index contributed by atoms with van der Waals surface area (Å²) in [5.41, 5.74) is -0.661. The smallest absolute Gasteiger partial charge is 0.310 e. The lowest BCUT2D eigenvalue weighted by Crippen LogP contribution is -2.38. The van der Waals surface area contributed by atoms with Crippen LogP contribution in [0.4, 0.5) is 0 Å². The third kappa shape index (κ3) is 3.71. The Kier molecular flexibility index (Phi) is 4.07. The quantitative estimate of drug-likeness (QED) is 0.802. The molecule has 17 heavy (non-hydrogen) atoms. The number of amides is 1. The van der Waals surface area contributed by atoms with Crippen LogP contribution in [0.5, 0.6) is 0 Å². The Morgan fingerprint density at radius 2 is 2.12 bits per heavy atom. The maximum absolute atomic E-state index is 11.6. The van der Waals surface area contributed by atoms with Gasteiger partial charge in [0.1, 0.15) is 5.15 Å². The van der Waals surface area contributed by atoms with Crippen molar-refractivity contribution in [3.63, 3.8) is 0 Å². The molecule has 0 aromatic carbocycles. The van der Waals surface area contributed by atoms with Gasteiger partial charge in [0.05, 0.1) is 11.0 Å². The average Bonchev–Trinajstić information content (AvgIpc) is 2.27. The van der Waals surface area contributed by atoms with Gasteiger partial charge in [-0.05, 0) is 26.0 Å². The van der Waals surface area contributed by atoms with Crippen LogP contribution in [0.25, 0.3) is 0 Å². The fraction of sp³-hybridized carbons (Fsp3) is 0.364. The second-order valence-corrected chi connectivity index (χ2v) is 4.63. The minimum absolute atomic E-state index is 0.0454. The number of hydrogen-bond acceptors (Lipinski definition) is 3. The second kappa shape index (κ2) is 5.14. The molecule has 0 bridgehead atoms. The number of nitrogens with one attached hydrogen (secondary N) is 1. The minimum atomic E-state index is -1.00. The standard InChI is InChI=1S/C11H13ClN2O3/c1-11(2,10(16)17)6-14-9(15)7-3-4-8(12)13-5-7/h3-5H,6H2,1-2H3,(H,14,15)(H,16,17). The number of nitrogens with zero attached hydrogens (tertiary/aromatic N) is 1. The Morgan fingerprint density at radius 3 is 2.59 bits per heavy atom. The summed E-state index contributed by atoms with van der Waals surface area (Å²) in [7, 11) is 0. The first-order chi connectivity index (χ1) is 7.83. The highest BCUT2D eigenvalue weighted by molar-refractivity contribution is 6.29. The molecule has 92 valence electrons. The molecule has 0 aliphatic heterocycles. The number of rotatable bonds is 4. The van der Waals surface area contributed by atoms with Crippen LogP contribution < -0.4 is 5.32 Å². The lowest BCUT2D eigenvalue weighted by Gasteiger charge is -2.19. The van der Waals surface area contributed by atoms with E-state index in [-0.39, 0.29) is 12.5 Å². The van der Waals surface area contributed by atoms with Crippen LogP contribution in [0.1, 0.15) is 24.2 Å². The van der Waals surface area contributed by atoms with Gasteiger partial charge in [0.2, 0.25) is 0 Å². The van der Waals surface area contributed by atoms with E-state index >= 15 is 0 Å². The molecule has 0 atom stereocenters. The molecular weight excluding hydrogens is 244 g/mol. The number of carboxylic acid groups (broad SMARTS) is 1. The third-order valence-electron chi connectivity index (χ3n) is 2.26. The summed E-state index contributed by atoms with van der Waals surface area (Å²) in [6, 6.07) is 3.03. The van der Waals surface area contributed by atoms with E-state index in [2.05, 4.69) is 10.3 Å². The largest absolute Gasteiger partial charge is 0.481 e. The SMILES string of the molecule is CC(C)(CNC(=O)c1ccc(Cl)nc1)C(=O)O. The zero-order valence-electron chi connectivity index (χ0n) is 9.53. The summed E-state index contributed by atoms with van der Waals surface area (Å²) < 4.78 is 0. The topological polar surface area (TPSA) is 79.3 Å². The molecule has 1 rings (SSSR count). The van der Waals surface area contributed by atoms with Crippen LogP contribution >= 0.6 is 11.6 Å². The van der Waals surface area contributed by atoms with Crippen molar-refractivity contribution in [2.24, 2.45) is 5.41 Å². The monoisotopic (exact) mass is 256 g/mol. The first-order valence-electron chi connectivity index (χ1n) is 4.96. The van der Waals surface area contributed by atoms with Gasteiger partial charge >= 0.3 is 5.97 Å². The van der Waals surface area contributed by atoms with Gasteiger partial charge < -0.3 is 10.4 Å². The van der Waals surface area contributed by atoms with Gasteiger partial charge in [-0.15, -0.1) is 0 Å². The highest BCUT2D eigenvalue weighted by Gasteiger charge is 2.27. The van der Waals surface area contributed by atoms with Gasteiger partial charge in [0.25, 0.3) is 5.91 Å². The summed E-state index contributed by atoms with van der Waals surface area (Å²) in [4.78, 5) is 26.2. The van der Waals surface area contributed by atoms with Gasteiger partial charge in [0, 0.05) is 12.7 Å². The molecule has 1 heterocycles. The molecule has 0 radical (unpaired) electrons. The molecule has 5 nitrogen and oxygen atoms in total. The molecule has 0 saturated carbocycles. The van der Waals surface area contributed by atoms with E-state index in [9.17, 15) is 9.59 Å². The van der Waals surface area contributed by atoms with E-state index in [1.54, 1.807) is 0 Å². The van der Waals surface area contributed by atoms with E-state index in [0.29, 0.717) is 10.7 Å². The molecule has 1 amide bonds. The molecule has 2 N–H and O–H groups in total. The molecule has 0 spiro atoms. The molecule has 0 fully saturated rings. The fourth-order valence-corrected chi connectivity index (χ4v) is 1.10. The van der Waals surface area contributed by atoms with Gasteiger partial charge in [-0.25, -0.2) is 4.98 Å². The van der Waals surface area contributed by atoms with Crippen molar-refractivity contribution >= 4 is 23.5 Å². The maximum atomic E-state index is 11.6. The van der Waals surface area contributed by atoms with Crippen molar-refractivity contribution in [2.45, 2.75) is 13.8 Å². The number of pyridine rings is 1. The van der Waals surface area contributed by atoms with E-state index < -0.39 is 11.4 Å². The molecule has 0 unspecified atom stereocenters. The van der Waals surface area contributed by atoms with Crippen molar-refractivity contribution in [2.75, 3.05) is 6.54 Å². The molecule has 0 aliphatic carbocycles. The highest BCUT2D eigenvalue weighted by atomic mass is 35.5. The molecular formula is C11H13ClN2O3. The lowest BCUT2D eigenvalue weighted by molar-refractivity contribution is -0.146. The van der Waals surface area contributed by atoms with Gasteiger partial charge in [0.15, 0.2) is 0 Å². The Bertz CT molecular complexity index is 429. The minimum Gasteiger partial charge on any atom is -0.481 e. The molecule has 1 aromatic heterocycles. The van der Waals surface area contributed by atoms with Crippen molar-refractivity contribution < 1.29 is 14.7 Å². The van der Waals surface area contributed by atoms with E-state index in [1.807, 2.05) is 0 Å². The van der Waals surface area contributed by atoms with Gasteiger partial charge in [-0.2, -0.15) is 0 Å². The van der Waals surface area contributed by atoms with Crippen molar-refractivity contribution in [3.8, 4) is 0 Å². The Balaban J connectivity index is 2.62. The Hall–Kier alpha value is -1.62. The predicted molar refractivity (Wildman–Crippen MR) is 63.0 cm³/mol. The summed E-state index contributed by atoms with van der Waals surface area (Å²) >= 11 is 5.59. The number of aliphatic carboxylic acids is 1. The Labute approximate surface area is 104 Å². The van der Waals surface area contributed by atoms with Crippen molar-refractivity contribution in [1.82, 2.24) is 10.3 Å². The van der Waals surface area contributed by atoms with E-state index in [4.69, 9.17) is 16.7 Å². The van der Waals surface area contributed by atoms with Crippen LogP contribution in [-0.4, -0.2) is 28.5 Å². The summed E-state index contributed by atoms with van der Waals surface area (Å²) in [5.74, 6) is -1.34. The number of halogens is 1. The van der Waals surface area contributed by atoms with Crippen LogP contribution in [0.2, 0.25) is 5.15 Å². The summed E-state index contributed by atoms with van der Waals surface area (Å²) in [6.07, 6.45) is 1.34. The average molecular weight is 257 g/mol. The summed E-state index contributed by atoms with van der Waals surface area (Å²) in [5, 5.41) is 11.7. The molecule has 0 aliphatic rings. The number of aromatic nitrogens is 1. The highest BCUT2D eigenvalue weighted by Crippen LogP contribution is 2.13. The van der Waals surface area contributed by atoms with E-state index in [0.717, 1.165) is 0 Å². The zero-order valence-corrected chi connectivity index (χ0v) is 10.3. The van der Waals surface area contributed by atoms with Crippen molar-refractivity contribution in [3.05, 3.63) is 29.0 Å². The van der Waals surface area contributed by atoms with Crippen LogP contribution in [0.3, 0.4) is 0 Å². The van der Waals surface area contributed by atoms with Crippen LogP contribution in [-0.2, 0) is 4.79 Å². The Morgan fingerprint density at radius 1 is 1.47 bits per heavy atom. The molecule has 6 heteroatoms. The fourth-order valence-electron chi connectivity index (χ4n) is 0.989. The number of carbonyl (C=O) groups is 2. The third-order valence-corrected chi connectivity index (χ3v) is 2.48. The zero-order chi connectivity index (χ0) is 13.1. The first kappa shape index (κ1) is 13.4. The second-order valence-electron chi connectivity index (χ2n) is 4.24. The van der Waals surface area contributed by atoms with Crippen molar-refractivity contribution in [1.29, 1.82) is 0 Å². The number of carboxylic acids is 1. The van der Waals surface area contributed by atoms with E-state index in [1.165, 1.54) is 32.2 Å². The van der Waals surface area contributed by atoms with Gasteiger partial charge in [-0.1, -0.05) is 11.6 Å². The predicted octanol–water partition coefficient (Wildman–Crippen LogP) is 1.58. The maximum Gasteiger partial charge on any atom is 0.310 e. The summed E-state index contributed by atoms with van der Waals surface area (Å²) in [6.45, 7) is 3.12. The number of carbonyl (C=O) groups excluding carboxylic acids is 1. The normalized spacial score (nSPS) is 11.0. The first-order valence-corrected chi connectivity index (χ1v) is 5.34. The van der Waals surface area contributed by atoms with Crippen LogP contribution in [0.15, 0.2) is 18.3 Å². The lowest BCUT2D eigenvalue weighted by atomic mass is 9.94. The van der Waals surface area contributed by atoms with Crippen LogP contribution in [0, 0.1) is 5.41 Å². The molecule has 0 saturated heterocycles. The number of hydrogen-bond donors (Lipinski definition) is 2. The van der Waals surface area contributed by atoms with Gasteiger partial charge in [-0.3, -0.25) is 9.59 Å². The molecule has 1 aromatic rings.